The Kier molecular flexibility index (Phi) is 3.50. The molecule has 19 heavy (non-hydrogen) atoms. The van der Waals surface area contributed by atoms with E-state index in [1.54, 1.807) is 6.21 Å². The smallest absolute Gasteiger partial charge is 0.129 e. The third-order valence-corrected chi connectivity index (χ3v) is 4.73. The second-order valence-electron chi connectivity index (χ2n) is 5.58. The van der Waals surface area contributed by atoms with Crippen LogP contribution >= 0.6 is 11.6 Å². The van der Waals surface area contributed by atoms with Crippen LogP contribution in [0.1, 0.15) is 25.7 Å². The van der Waals surface area contributed by atoms with Gasteiger partial charge in [0, 0.05) is 29.9 Å². The van der Waals surface area contributed by atoms with Gasteiger partial charge in [-0.05, 0) is 44.4 Å². The Balaban J connectivity index is 1.89. The molecular weight excluding hydrogens is 258 g/mol. The maximum absolute atomic E-state index is 6.12. The maximum Gasteiger partial charge on any atom is 0.129 e. The summed E-state index contributed by atoms with van der Waals surface area (Å²) in [6.07, 6.45) is 10.7. The summed E-state index contributed by atoms with van der Waals surface area (Å²) in [5.74, 6) is 1.03. The topological polar surface area (TPSA) is 27.6 Å². The Hall–Kier alpha value is -1.06. The van der Waals surface area contributed by atoms with Crippen molar-refractivity contribution in [3.63, 3.8) is 0 Å². The number of allylic oxidation sites excluding steroid dienone is 4. The number of piperidine rings is 1. The van der Waals surface area contributed by atoms with E-state index in [-0.39, 0.29) is 5.54 Å². The SMILES string of the molecule is C=C1C=NC(N2CCCC23CCCNC3)=CC=C1Cl. The highest BCUT2D eigenvalue weighted by Gasteiger charge is 2.42. The van der Waals surface area contributed by atoms with Crippen LogP contribution in [0, 0.1) is 0 Å². The Bertz CT molecular complexity index is 470. The molecule has 0 aromatic rings. The van der Waals surface area contributed by atoms with Crippen molar-refractivity contribution in [1.29, 1.82) is 0 Å². The summed E-state index contributed by atoms with van der Waals surface area (Å²) in [6.45, 7) is 7.20. The second-order valence-corrected chi connectivity index (χ2v) is 5.99. The average molecular weight is 278 g/mol. The minimum Gasteiger partial charge on any atom is -0.350 e. The van der Waals surface area contributed by atoms with Crippen LogP contribution in [0.2, 0.25) is 0 Å². The van der Waals surface area contributed by atoms with Crippen molar-refractivity contribution >= 4 is 17.8 Å². The lowest BCUT2D eigenvalue weighted by atomic mass is 9.87. The molecular formula is C15H20ClN3. The van der Waals surface area contributed by atoms with E-state index in [2.05, 4.69) is 21.8 Å². The van der Waals surface area contributed by atoms with Crippen LogP contribution in [0.25, 0.3) is 0 Å². The lowest BCUT2D eigenvalue weighted by molar-refractivity contribution is 0.140. The molecule has 0 radical (unpaired) electrons. The Labute approximate surface area is 119 Å². The fourth-order valence-corrected chi connectivity index (χ4v) is 3.47. The van der Waals surface area contributed by atoms with Gasteiger partial charge in [0.05, 0.1) is 5.54 Å². The number of hydrogen-bond acceptors (Lipinski definition) is 3. The summed E-state index contributed by atoms with van der Waals surface area (Å²) in [5, 5.41) is 4.21. The van der Waals surface area contributed by atoms with E-state index in [4.69, 9.17) is 11.6 Å². The average Bonchev–Trinajstić information content (AvgIpc) is 2.74. The van der Waals surface area contributed by atoms with E-state index in [1.807, 2.05) is 12.2 Å². The summed E-state index contributed by atoms with van der Waals surface area (Å²) >= 11 is 6.12. The van der Waals surface area contributed by atoms with Crippen molar-refractivity contribution in [2.75, 3.05) is 19.6 Å². The lowest BCUT2D eigenvalue weighted by Gasteiger charge is -2.43. The van der Waals surface area contributed by atoms with Gasteiger partial charge >= 0.3 is 0 Å². The second kappa shape index (κ2) is 5.14. The summed E-state index contributed by atoms with van der Waals surface area (Å²) in [7, 11) is 0. The van der Waals surface area contributed by atoms with Gasteiger partial charge < -0.3 is 10.2 Å². The molecule has 1 atom stereocenters. The molecule has 0 amide bonds. The Morgan fingerprint density at radius 1 is 1.32 bits per heavy atom. The van der Waals surface area contributed by atoms with Crippen LogP contribution in [-0.4, -0.2) is 36.3 Å². The Morgan fingerprint density at radius 2 is 2.16 bits per heavy atom. The van der Waals surface area contributed by atoms with E-state index < -0.39 is 0 Å². The third kappa shape index (κ3) is 2.37. The van der Waals surface area contributed by atoms with Gasteiger partial charge in [-0.15, -0.1) is 0 Å². The zero-order valence-corrected chi connectivity index (χ0v) is 11.9. The fourth-order valence-electron chi connectivity index (χ4n) is 3.35. The normalized spacial score (nSPS) is 31.4. The molecule has 1 N–H and O–H groups in total. The molecule has 2 fully saturated rings. The summed E-state index contributed by atoms with van der Waals surface area (Å²) in [5.41, 5.74) is 1.04. The number of likely N-dealkylation sites (tertiary alicyclic amines) is 1. The largest absolute Gasteiger partial charge is 0.350 e. The van der Waals surface area contributed by atoms with Crippen LogP contribution in [0.5, 0.6) is 0 Å². The highest BCUT2D eigenvalue weighted by atomic mass is 35.5. The number of rotatable bonds is 1. The molecule has 3 aliphatic heterocycles. The van der Waals surface area contributed by atoms with Crippen molar-refractivity contribution in [2.45, 2.75) is 31.2 Å². The van der Waals surface area contributed by atoms with Crippen molar-refractivity contribution < 1.29 is 0 Å². The zero-order chi connectivity index (χ0) is 13.3. The highest BCUT2D eigenvalue weighted by Crippen LogP contribution is 2.38. The van der Waals surface area contributed by atoms with Gasteiger partial charge in [-0.1, -0.05) is 18.2 Å². The third-order valence-electron chi connectivity index (χ3n) is 4.36. The van der Waals surface area contributed by atoms with Crippen molar-refractivity contribution in [1.82, 2.24) is 10.2 Å². The molecule has 1 unspecified atom stereocenters. The van der Waals surface area contributed by atoms with Gasteiger partial charge in [-0.2, -0.15) is 0 Å². The Morgan fingerprint density at radius 3 is 2.95 bits per heavy atom. The number of aliphatic imine (C=N–C) groups is 1. The number of halogens is 1. The number of hydrogen-bond donors (Lipinski definition) is 1. The van der Waals surface area contributed by atoms with Crippen LogP contribution in [-0.2, 0) is 0 Å². The highest BCUT2D eigenvalue weighted by molar-refractivity contribution is 6.34. The van der Waals surface area contributed by atoms with Crippen LogP contribution < -0.4 is 5.32 Å². The molecule has 0 saturated carbocycles. The minimum absolute atomic E-state index is 0.257. The van der Waals surface area contributed by atoms with Gasteiger partial charge in [0.1, 0.15) is 5.82 Å². The van der Waals surface area contributed by atoms with Crippen molar-refractivity contribution in [3.05, 3.63) is 35.2 Å². The molecule has 102 valence electrons. The maximum atomic E-state index is 6.12. The van der Waals surface area contributed by atoms with E-state index in [9.17, 15) is 0 Å². The molecule has 4 heteroatoms. The minimum atomic E-state index is 0.257. The van der Waals surface area contributed by atoms with Gasteiger partial charge in [0.15, 0.2) is 0 Å². The molecule has 3 nitrogen and oxygen atoms in total. The van der Waals surface area contributed by atoms with Gasteiger partial charge in [-0.3, -0.25) is 0 Å². The first-order valence-electron chi connectivity index (χ1n) is 7.00. The summed E-state index contributed by atoms with van der Waals surface area (Å²) < 4.78 is 0. The zero-order valence-electron chi connectivity index (χ0n) is 11.2. The molecule has 0 bridgehead atoms. The van der Waals surface area contributed by atoms with Gasteiger partial charge in [0.2, 0.25) is 0 Å². The lowest BCUT2D eigenvalue weighted by Crippen LogP contribution is -2.53. The monoisotopic (exact) mass is 277 g/mol. The first kappa shape index (κ1) is 12.9. The molecule has 2 saturated heterocycles. The molecule has 0 aromatic carbocycles. The molecule has 3 aliphatic rings. The first-order valence-corrected chi connectivity index (χ1v) is 7.38. The van der Waals surface area contributed by atoms with E-state index in [1.165, 1.54) is 25.7 Å². The predicted octanol–water partition coefficient (Wildman–Crippen LogP) is 2.81. The fraction of sp³-hybridized carbons (Fsp3) is 0.533. The van der Waals surface area contributed by atoms with Crippen molar-refractivity contribution in [2.24, 2.45) is 4.99 Å². The predicted molar refractivity (Wildman–Crippen MR) is 80.4 cm³/mol. The quantitative estimate of drug-likeness (QED) is 0.798. The summed E-state index contributed by atoms with van der Waals surface area (Å²) in [6, 6.07) is 0. The van der Waals surface area contributed by atoms with Crippen LogP contribution in [0.15, 0.2) is 40.1 Å². The number of nitrogens with one attached hydrogen (secondary N) is 1. The van der Waals surface area contributed by atoms with Crippen LogP contribution in [0.3, 0.4) is 0 Å². The molecule has 3 rings (SSSR count). The van der Waals surface area contributed by atoms with E-state index in [0.717, 1.165) is 31.0 Å². The summed E-state index contributed by atoms with van der Waals surface area (Å²) in [4.78, 5) is 7.05. The molecule has 0 aromatic heterocycles. The van der Waals surface area contributed by atoms with E-state index >= 15 is 0 Å². The van der Waals surface area contributed by atoms with Crippen LogP contribution in [0.4, 0.5) is 0 Å². The van der Waals surface area contributed by atoms with E-state index in [0.29, 0.717) is 5.03 Å². The van der Waals surface area contributed by atoms with Gasteiger partial charge in [-0.25, -0.2) is 4.99 Å². The molecule has 0 aliphatic carbocycles. The molecule has 1 spiro atoms. The van der Waals surface area contributed by atoms with Crippen molar-refractivity contribution in [3.8, 4) is 0 Å². The standard InChI is InChI=1S/C15H20ClN3/c1-12-10-18-14(5-4-13(12)16)19-9-3-7-15(19)6-2-8-17-11-15/h4-5,10,17H,1-3,6-9,11H2. The van der Waals surface area contributed by atoms with Gasteiger partial charge in [0.25, 0.3) is 0 Å². The first-order chi connectivity index (χ1) is 9.21. The molecule has 3 heterocycles. The number of nitrogens with zero attached hydrogens (tertiary/aromatic N) is 2.